The molecule has 0 spiro atoms. The van der Waals surface area contributed by atoms with E-state index in [1.54, 1.807) is 0 Å². The van der Waals surface area contributed by atoms with Crippen molar-refractivity contribution in [3.8, 4) is 0 Å². The normalized spacial score (nSPS) is 10.1. The van der Waals surface area contributed by atoms with Crippen molar-refractivity contribution in [2.75, 3.05) is 6.61 Å². The van der Waals surface area contributed by atoms with E-state index in [1.807, 2.05) is 6.92 Å². The van der Waals surface area contributed by atoms with Crippen LogP contribution in [0.2, 0.25) is 0 Å². The first-order valence-electron chi connectivity index (χ1n) is 5.86. The van der Waals surface area contributed by atoms with Gasteiger partial charge in [-0.3, -0.25) is 0 Å². The SMILES string of the molecule is CCCCCOC(=O)c1nnnc(C(=O)O)c1C(=O)O. The molecule has 1 aromatic rings. The molecule has 0 aliphatic heterocycles. The van der Waals surface area contributed by atoms with E-state index in [0.29, 0.717) is 6.42 Å². The predicted molar refractivity (Wildman–Crippen MR) is 63.6 cm³/mol. The van der Waals surface area contributed by atoms with E-state index in [-0.39, 0.29) is 6.61 Å². The lowest BCUT2D eigenvalue weighted by Gasteiger charge is -2.06. The molecule has 9 heteroatoms. The fraction of sp³-hybridized carbons (Fsp3) is 0.455. The molecule has 0 aromatic carbocycles. The minimum atomic E-state index is -1.63. The lowest BCUT2D eigenvalue weighted by Crippen LogP contribution is -2.21. The van der Waals surface area contributed by atoms with Crippen molar-refractivity contribution >= 4 is 17.9 Å². The Labute approximate surface area is 113 Å². The summed E-state index contributed by atoms with van der Waals surface area (Å²) in [5.41, 5.74) is -2.35. The minimum absolute atomic E-state index is 0.0954. The van der Waals surface area contributed by atoms with Crippen LogP contribution in [0.15, 0.2) is 0 Å². The fourth-order valence-corrected chi connectivity index (χ4v) is 1.40. The number of aromatic nitrogens is 3. The average Bonchev–Trinajstić information content (AvgIpc) is 2.42. The summed E-state index contributed by atoms with van der Waals surface area (Å²) in [7, 11) is 0. The molecular formula is C11H13N3O6. The molecule has 0 unspecified atom stereocenters. The zero-order chi connectivity index (χ0) is 15.1. The molecule has 0 atom stereocenters. The third kappa shape index (κ3) is 3.70. The van der Waals surface area contributed by atoms with Crippen LogP contribution in [0.4, 0.5) is 0 Å². The second-order valence-electron chi connectivity index (χ2n) is 3.81. The van der Waals surface area contributed by atoms with Crippen molar-refractivity contribution in [2.24, 2.45) is 0 Å². The molecular weight excluding hydrogens is 270 g/mol. The number of hydrogen-bond donors (Lipinski definition) is 2. The van der Waals surface area contributed by atoms with Gasteiger partial charge in [0.2, 0.25) is 0 Å². The molecule has 9 nitrogen and oxygen atoms in total. The van der Waals surface area contributed by atoms with Crippen LogP contribution in [0.3, 0.4) is 0 Å². The zero-order valence-electron chi connectivity index (χ0n) is 10.7. The lowest BCUT2D eigenvalue weighted by atomic mass is 10.1. The lowest BCUT2D eigenvalue weighted by molar-refractivity contribution is 0.0477. The highest BCUT2D eigenvalue weighted by atomic mass is 16.5. The van der Waals surface area contributed by atoms with Crippen molar-refractivity contribution in [1.82, 2.24) is 15.4 Å². The summed E-state index contributed by atoms with van der Waals surface area (Å²) in [5.74, 6) is -4.28. The molecule has 1 aromatic heterocycles. The summed E-state index contributed by atoms with van der Waals surface area (Å²) >= 11 is 0. The third-order valence-electron chi connectivity index (χ3n) is 2.35. The summed E-state index contributed by atoms with van der Waals surface area (Å²) < 4.78 is 4.83. The maximum absolute atomic E-state index is 11.7. The Bertz CT molecular complexity index is 531. The number of unbranched alkanes of at least 4 members (excludes halogenated alkanes) is 2. The standard InChI is InChI=1S/C11H13N3O6/c1-2-3-4-5-20-11(19)8-6(9(15)16)7(10(17)18)12-14-13-8/h2-5H2,1H3,(H,15,16)(H,17,18). The summed E-state index contributed by atoms with van der Waals surface area (Å²) in [6, 6.07) is 0. The van der Waals surface area contributed by atoms with Gasteiger partial charge in [0, 0.05) is 0 Å². The molecule has 20 heavy (non-hydrogen) atoms. The molecule has 0 saturated carbocycles. The number of hydrogen-bond acceptors (Lipinski definition) is 7. The highest BCUT2D eigenvalue weighted by Crippen LogP contribution is 2.11. The van der Waals surface area contributed by atoms with Crippen LogP contribution < -0.4 is 0 Å². The maximum atomic E-state index is 11.7. The molecule has 0 saturated heterocycles. The van der Waals surface area contributed by atoms with Gasteiger partial charge in [-0.2, -0.15) is 0 Å². The first kappa shape index (κ1) is 15.5. The van der Waals surface area contributed by atoms with Crippen LogP contribution in [0.1, 0.15) is 57.5 Å². The summed E-state index contributed by atoms with van der Waals surface area (Å²) in [4.78, 5) is 33.6. The molecule has 0 radical (unpaired) electrons. The van der Waals surface area contributed by atoms with Crippen LogP contribution in [0, 0.1) is 0 Å². The van der Waals surface area contributed by atoms with Crippen LogP contribution in [-0.2, 0) is 4.74 Å². The van der Waals surface area contributed by atoms with Crippen LogP contribution in [0.25, 0.3) is 0 Å². The van der Waals surface area contributed by atoms with Crippen LogP contribution in [-0.4, -0.2) is 50.1 Å². The van der Waals surface area contributed by atoms with Crippen molar-refractivity contribution in [3.63, 3.8) is 0 Å². The van der Waals surface area contributed by atoms with E-state index >= 15 is 0 Å². The number of carbonyl (C=O) groups excluding carboxylic acids is 1. The van der Waals surface area contributed by atoms with E-state index in [2.05, 4.69) is 15.4 Å². The van der Waals surface area contributed by atoms with Gasteiger partial charge >= 0.3 is 17.9 Å². The van der Waals surface area contributed by atoms with Gasteiger partial charge in [-0.25, -0.2) is 14.4 Å². The van der Waals surface area contributed by atoms with Crippen molar-refractivity contribution < 1.29 is 29.3 Å². The van der Waals surface area contributed by atoms with Gasteiger partial charge in [0.25, 0.3) is 0 Å². The first-order chi connectivity index (χ1) is 9.49. The Morgan fingerprint density at radius 2 is 1.70 bits per heavy atom. The number of aromatic carboxylic acids is 2. The third-order valence-corrected chi connectivity index (χ3v) is 2.35. The molecule has 2 N–H and O–H groups in total. The van der Waals surface area contributed by atoms with Gasteiger partial charge in [-0.15, -0.1) is 10.2 Å². The van der Waals surface area contributed by atoms with Crippen molar-refractivity contribution in [2.45, 2.75) is 26.2 Å². The molecule has 1 heterocycles. The van der Waals surface area contributed by atoms with Crippen molar-refractivity contribution in [1.29, 1.82) is 0 Å². The number of carboxylic acid groups (broad SMARTS) is 2. The molecule has 0 fully saturated rings. The van der Waals surface area contributed by atoms with Gasteiger partial charge in [0.1, 0.15) is 5.56 Å². The van der Waals surface area contributed by atoms with E-state index in [9.17, 15) is 14.4 Å². The number of ether oxygens (including phenoxy) is 1. The Hall–Kier alpha value is -2.58. The first-order valence-corrected chi connectivity index (χ1v) is 5.86. The number of carboxylic acids is 2. The number of esters is 1. The topological polar surface area (TPSA) is 140 Å². The predicted octanol–water partition coefficient (Wildman–Crippen LogP) is 0.615. The van der Waals surface area contributed by atoms with Gasteiger partial charge in [0.15, 0.2) is 11.4 Å². The molecule has 0 bridgehead atoms. The smallest absolute Gasteiger partial charge is 0.359 e. The minimum Gasteiger partial charge on any atom is -0.478 e. The summed E-state index contributed by atoms with van der Waals surface area (Å²) in [5, 5.41) is 27.2. The Kier molecular flexibility index (Phi) is 5.51. The number of rotatable bonds is 7. The van der Waals surface area contributed by atoms with Crippen LogP contribution in [0.5, 0.6) is 0 Å². The molecule has 1 rings (SSSR count). The fourth-order valence-electron chi connectivity index (χ4n) is 1.40. The highest BCUT2D eigenvalue weighted by Gasteiger charge is 2.28. The Morgan fingerprint density at radius 3 is 2.25 bits per heavy atom. The molecule has 0 amide bonds. The van der Waals surface area contributed by atoms with E-state index in [1.165, 1.54) is 0 Å². The van der Waals surface area contributed by atoms with Gasteiger partial charge < -0.3 is 14.9 Å². The van der Waals surface area contributed by atoms with Gasteiger partial charge in [-0.1, -0.05) is 19.8 Å². The van der Waals surface area contributed by atoms with E-state index < -0.39 is 34.9 Å². The molecule has 0 aliphatic carbocycles. The number of carbonyl (C=O) groups is 3. The Morgan fingerprint density at radius 1 is 1.05 bits per heavy atom. The van der Waals surface area contributed by atoms with Crippen LogP contribution >= 0.6 is 0 Å². The largest absolute Gasteiger partial charge is 0.478 e. The maximum Gasteiger partial charge on any atom is 0.359 e. The van der Waals surface area contributed by atoms with E-state index in [0.717, 1.165) is 12.8 Å². The number of nitrogens with zero attached hydrogens (tertiary/aromatic N) is 3. The quantitative estimate of drug-likeness (QED) is 0.544. The monoisotopic (exact) mass is 283 g/mol. The van der Waals surface area contributed by atoms with E-state index in [4.69, 9.17) is 14.9 Å². The van der Waals surface area contributed by atoms with Crippen molar-refractivity contribution in [3.05, 3.63) is 17.0 Å². The summed E-state index contributed by atoms with van der Waals surface area (Å²) in [6.45, 7) is 2.07. The van der Waals surface area contributed by atoms with Gasteiger partial charge in [0.05, 0.1) is 6.61 Å². The Balaban J connectivity index is 2.99. The average molecular weight is 283 g/mol. The second kappa shape index (κ2) is 7.12. The molecule has 0 aliphatic rings. The second-order valence-corrected chi connectivity index (χ2v) is 3.81. The highest BCUT2D eigenvalue weighted by molar-refractivity contribution is 6.07. The van der Waals surface area contributed by atoms with Gasteiger partial charge in [-0.05, 0) is 11.6 Å². The zero-order valence-corrected chi connectivity index (χ0v) is 10.7. The molecule has 108 valence electrons. The summed E-state index contributed by atoms with van der Waals surface area (Å²) in [6.07, 6.45) is 2.40.